The van der Waals surface area contributed by atoms with Gasteiger partial charge in [0.1, 0.15) is 5.75 Å². The highest BCUT2D eigenvalue weighted by Gasteiger charge is 2.34. The first-order valence-corrected chi connectivity index (χ1v) is 8.10. The van der Waals surface area contributed by atoms with Crippen LogP contribution in [0.4, 0.5) is 0 Å². The highest BCUT2D eigenvalue weighted by molar-refractivity contribution is 5.27. The van der Waals surface area contributed by atoms with Gasteiger partial charge in [-0.15, -0.1) is 0 Å². The first-order chi connectivity index (χ1) is 10.0. The summed E-state index contributed by atoms with van der Waals surface area (Å²) in [6.45, 7) is 6.59. The first kappa shape index (κ1) is 16.3. The number of nitrogens with zero attached hydrogens (tertiary/aromatic N) is 1. The fourth-order valence-corrected chi connectivity index (χ4v) is 3.13. The second-order valence-corrected chi connectivity index (χ2v) is 6.60. The molecular formula is C18H29NO2. The lowest BCUT2D eigenvalue weighted by molar-refractivity contribution is -0.0228. The molecule has 0 aliphatic carbocycles. The standard InChI is InChI=1S/C18H29NO2/c1-18(2,19-13-5-4-6-14-19)17(20)12-9-15-7-10-16(21-3)11-8-15/h7-8,10-11,17,20H,4-6,9,12-14H2,1-3H3. The van der Waals surface area contributed by atoms with Crippen LogP contribution in [0.25, 0.3) is 0 Å². The zero-order chi connectivity index (χ0) is 15.3. The maximum Gasteiger partial charge on any atom is 0.118 e. The van der Waals surface area contributed by atoms with E-state index in [0.29, 0.717) is 0 Å². The van der Waals surface area contributed by atoms with Crippen LogP contribution in [0.2, 0.25) is 0 Å². The lowest BCUT2D eigenvalue weighted by Gasteiger charge is -2.44. The number of piperidine rings is 1. The summed E-state index contributed by atoms with van der Waals surface area (Å²) in [7, 11) is 1.68. The molecule has 3 nitrogen and oxygen atoms in total. The summed E-state index contributed by atoms with van der Waals surface area (Å²) in [5.41, 5.74) is 1.12. The van der Waals surface area contributed by atoms with Crippen molar-refractivity contribution in [2.24, 2.45) is 0 Å². The Balaban J connectivity index is 1.88. The Morgan fingerprint density at radius 3 is 2.33 bits per heavy atom. The molecule has 118 valence electrons. The fraction of sp³-hybridized carbons (Fsp3) is 0.667. The Labute approximate surface area is 128 Å². The maximum absolute atomic E-state index is 10.6. The summed E-state index contributed by atoms with van der Waals surface area (Å²) in [6, 6.07) is 8.13. The van der Waals surface area contributed by atoms with E-state index in [2.05, 4.69) is 30.9 Å². The Hall–Kier alpha value is -1.06. The minimum absolute atomic E-state index is 0.132. The highest BCUT2D eigenvalue weighted by atomic mass is 16.5. The molecule has 1 atom stereocenters. The number of hydrogen-bond acceptors (Lipinski definition) is 3. The Morgan fingerprint density at radius 2 is 1.76 bits per heavy atom. The molecular weight excluding hydrogens is 262 g/mol. The fourth-order valence-electron chi connectivity index (χ4n) is 3.13. The number of benzene rings is 1. The third kappa shape index (κ3) is 4.21. The topological polar surface area (TPSA) is 32.7 Å². The number of hydrogen-bond donors (Lipinski definition) is 1. The molecule has 3 heteroatoms. The van der Waals surface area contributed by atoms with Crippen molar-refractivity contribution < 1.29 is 9.84 Å². The van der Waals surface area contributed by atoms with Gasteiger partial charge in [-0.1, -0.05) is 18.6 Å². The van der Waals surface area contributed by atoms with Gasteiger partial charge in [-0.25, -0.2) is 0 Å². The summed E-state index contributed by atoms with van der Waals surface area (Å²) in [4.78, 5) is 2.45. The van der Waals surface area contributed by atoms with Crippen LogP contribution in [0, 0.1) is 0 Å². The SMILES string of the molecule is COc1ccc(CCC(O)C(C)(C)N2CCCCC2)cc1. The van der Waals surface area contributed by atoms with Gasteiger partial charge in [0.25, 0.3) is 0 Å². The Morgan fingerprint density at radius 1 is 1.14 bits per heavy atom. The number of likely N-dealkylation sites (tertiary alicyclic amines) is 1. The molecule has 0 spiro atoms. The van der Waals surface area contributed by atoms with Gasteiger partial charge in [-0.3, -0.25) is 4.90 Å². The number of aryl methyl sites for hydroxylation is 1. The van der Waals surface area contributed by atoms with E-state index in [1.165, 1.54) is 24.8 Å². The smallest absolute Gasteiger partial charge is 0.118 e. The predicted molar refractivity (Wildman–Crippen MR) is 86.8 cm³/mol. The van der Waals surface area contributed by atoms with E-state index in [9.17, 15) is 5.11 Å². The van der Waals surface area contributed by atoms with E-state index in [1.807, 2.05) is 12.1 Å². The summed E-state index contributed by atoms with van der Waals surface area (Å²) >= 11 is 0. The molecule has 0 amide bonds. The van der Waals surface area contributed by atoms with Crippen molar-refractivity contribution in [1.82, 2.24) is 4.90 Å². The van der Waals surface area contributed by atoms with Gasteiger partial charge in [-0.05, 0) is 70.3 Å². The predicted octanol–water partition coefficient (Wildman–Crippen LogP) is 3.25. The van der Waals surface area contributed by atoms with Crippen molar-refractivity contribution in [2.75, 3.05) is 20.2 Å². The van der Waals surface area contributed by atoms with E-state index in [-0.39, 0.29) is 11.6 Å². The Kier molecular flexibility index (Phi) is 5.65. The molecule has 0 bridgehead atoms. The molecule has 1 fully saturated rings. The lowest BCUT2D eigenvalue weighted by Crippen LogP contribution is -2.54. The van der Waals surface area contributed by atoms with Crippen molar-refractivity contribution in [1.29, 1.82) is 0 Å². The van der Waals surface area contributed by atoms with Crippen molar-refractivity contribution >= 4 is 0 Å². The molecule has 1 aliphatic heterocycles. The van der Waals surface area contributed by atoms with E-state index < -0.39 is 0 Å². The molecule has 1 aromatic rings. The highest BCUT2D eigenvalue weighted by Crippen LogP contribution is 2.26. The van der Waals surface area contributed by atoms with E-state index in [4.69, 9.17) is 4.74 Å². The van der Waals surface area contributed by atoms with Gasteiger partial charge in [0, 0.05) is 5.54 Å². The minimum atomic E-state index is -0.294. The normalized spacial score (nSPS) is 18.5. The van der Waals surface area contributed by atoms with Gasteiger partial charge >= 0.3 is 0 Å². The van der Waals surface area contributed by atoms with Crippen LogP contribution >= 0.6 is 0 Å². The van der Waals surface area contributed by atoms with E-state index in [0.717, 1.165) is 31.7 Å². The van der Waals surface area contributed by atoms with Crippen LogP contribution in [0.3, 0.4) is 0 Å². The minimum Gasteiger partial charge on any atom is -0.497 e. The monoisotopic (exact) mass is 291 g/mol. The molecule has 1 N–H and O–H groups in total. The Bertz CT molecular complexity index is 421. The van der Waals surface area contributed by atoms with Gasteiger partial charge in [0.2, 0.25) is 0 Å². The number of ether oxygens (including phenoxy) is 1. The van der Waals surface area contributed by atoms with Crippen molar-refractivity contribution in [3.63, 3.8) is 0 Å². The summed E-state index contributed by atoms with van der Waals surface area (Å²) < 4.78 is 5.17. The third-order valence-electron chi connectivity index (χ3n) is 4.85. The maximum atomic E-state index is 10.6. The summed E-state index contributed by atoms with van der Waals surface area (Å²) in [5.74, 6) is 0.882. The van der Waals surface area contributed by atoms with Crippen LogP contribution in [0.1, 0.15) is 45.1 Å². The van der Waals surface area contributed by atoms with Crippen LogP contribution in [-0.2, 0) is 6.42 Å². The molecule has 1 aromatic carbocycles. The number of methoxy groups -OCH3 is 1. The summed E-state index contributed by atoms with van der Waals surface area (Å²) in [6.07, 6.45) is 5.26. The molecule has 0 saturated carbocycles. The van der Waals surface area contributed by atoms with Crippen LogP contribution in [0.15, 0.2) is 24.3 Å². The molecule has 1 aliphatic rings. The van der Waals surface area contributed by atoms with Crippen LogP contribution in [-0.4, -0.2) is 41.8 Å². The largest absolute Gasteiger partial charge is 0.497 e. The molecule has 2 rings (SSSR count). The van der Waals surface area contributed by atoms with Crippen LogP contribution in [0.5, 0.6) is 5.75 Å². The second-order valence-electron chi connectivity index (χ2n) is 6.60. The zero-order valence-corrected chi connectivity index (χ0v) is 13.6. The number of rotatable bonds is 6. The zero-order valence-electron chi connectivity index (χ0n) is 13.6. The average Bonchev–Trinajstić information content (AvgIpc) is 2.53. The van der Waals surface area contributed by atoms with Crippen LogP contribution < -0.4 is 4.74 Å². The average molecular weight is 291 g/mol. The molecule has 0 radical (unpaired) electrons. The van der Waals surface area contributed by atoms with E-state index >= 15 is 0 Å². The van der Waals surface area contributed by atoms with Gasteiger partial charge < -0.3 is 9.84 Å². The van der Waals surface area contributed by atoms with E-state index in [1.54, 1.807) is 7.11 Å². The summed E-state index contributed by atoms with van der Waals surface area (Å²) in [5, 5.41) is 10.6. The van der Waals surface area contributed by atoms with Crippen molar-refractivity contribution in [3.8, 4) is 5.75 Å². The second kappa shape index (κ2) is 7.28. The molecule has 0 aromatic heterocycles. The van der Waals surface area contributed by atoms with Crippen molar-refractivity contribution in [2.45, 2.75) is 57.6 Å². The first-order valence-electron chi connectivity index (χ1n) is 8.10. The van der Waals surface area contributed by atoms with Gasteiger partial charge in [0.15, 0.2) is 0 Å². The third-order valence-corrected chi connectivity index (χ3v) is 4.85. The molecule has 21 heavy (non-hydrogen) atoms. The number of aliphatic hydroxyl groups is 1. The quantitative estimate of drug-likeness (QED) is 0.873. The number of aliphatic hydroxyl groups excluding tert-OH is 1. The molecule has 1 saturated heterocycles. The molecule has 1 heterocycles. The van der Waals surface area contributed by atoms with Crippen molar-refractivity contribution in [3.05, 3.63) is 29.8 Å². The molecule has 1 unspecified atom stereocenters. The lowest BCUT2D eigenvalue weighted by atomic mass is 9.88. The van der Waals surface area contributed by atoms with Gasteiger partial charge in [-0.2, -0.15) is 0 Å². The van der Waals surface area contributed by atoms with Gasteiger partial charge in [0.05, 0.1) is 13.2 Å².